The molecular formula is C23H27N3O4. The van der Waals surface area contributed by atoms with Crippen molar-refractivity contribution in [2.75, 3.05) is 32.6 Å². The van der Waals surface area contributed by atoms with Gasteiger partial charge in [-0.2, -0.15) is 0 Å². The summed E-state index contributed by atoms with van der Waals surface area (Å²) in [6.07, 6.45) is 2.00. The van der Waals surface area contributed by atoms with Gasteiger partial charge in [-0.15, -0.1) is 0 Å². The molecule has 3 aromatic rings. The number of carbonyl (C=O) groups is 1. The number of nitrogens with zero attached hydrogens (tertiary/aromatic N) is 2. The maximum atomic E-state index is 12.9. The Morgan fingerprint density at radius 1 is 1.20 bits per heavy atom. The second-order valence-electron chi connectivity index (χ2n) is 7.59. The molecule has 7 heteroatoms. The Morgan fingerprint density at radius 3 is 2.77 bits per heavy atom. The van der Waals surface area contributed by atoms with Crippen LogP contribution >= 0.6 is 0 Å². The zero-order chi connectivity index (χ0) is 21.1. The van der Waals surface area contributed by atoms with Gasteiger partial charge in [0.1, 0.15) is 5.52 Å². The number of para-hydroxylation sites is 2. The zero-order valence-electron chi connectivity index (χ0n) is 17.6. The number of hydrogen-bond donors (Lipinski definition) is 1. The van der Waals surface area contributed by atoms with Gasteiger partial charge in [0.05, 0.1) is 20.3 Å². The van der Waals surface area contributed by atoms with Crippen molar-refractivity contribution in [1.82, 2.24) is 9.88 Å². The van der Waals surface area contributed by atoms with E-state index in [4.69, 9.17) is 13.9 Å². The van der Waals surface area contributed by atoms with Gasteiger partial charge in [0.25, 0.3) is 0 Å². The average molecular weight is 409 g/mol. The fourth-order valence-corrected chi connectivity index (χ4v) is 3.95. The second-order valence-corrected chi connectivity index (χ2v) is 7.59. The van der Waals surface area contributed by atoms with Crippen LogP contribution in [0.3, 0.4) is 0 Å². The number of nitrogens with one attached hydrogen (secondary N) is 1. The van der Waals surface area contributed by atoms with Gasteiger partial charge in [0, 0.05) is 24.2 Å². The molecule has 0 radical (unpaired) electrons. The zero-order valence-corrected chi connectivity index (χ0v) is 17.6. The molecule has 2 heterocycles. The lowest BCUT2D eigenvalue weighted by molar-refractivity contribution is -0.121. The number of methoxy groups -OCH3 is 2. The van der Waals surface area contributed by atoms with Crippen LogP contribution in [0.4, 0.5) is 5.69 Å². The molecule has 1 saturated heterocycles. The molecule has 0 spiro atoms. The quantitative estimate of drug-likeness (QED) is 0.662. The SMILES string of the molecule is COc1ccc(NC(=O)C(C)N2CCCC(c3nc4ccccc4o3)C2)cc1OC. The first kappa shape index (κ1) is 20.2. The molecule has 7 nitrogen and oxygen atoms in total. The third kappa shape index (κ3) is 4.11. The number of rotatable bonds is 6. The van der Waals surface area contributed by atoms with Crippen LogP contribution in [0.2, 0.25) is 0 Å². The summed E-state index contributed by atoms with van der Waals surface area (Å²) in [5.41, 5.74) is 2.37. The van der Waals surface area contributed by atoms with E-state index in [1.807, 2.05) is 37.3 Å². The van der Waals surface area contributed by atoms with Crippen molar-refractivity contribution in [2.24, 2.45) is 0 Å². The van der Waals surface area contributed by atoms with Crippen LogP contribution in [0.25, 0.3) is 11.1 Å². The fourth-order valence-electron chi connectivity index (χ4n) is 3.95. The van der Waals surface area contributed by atoms with Crippen molar-refractivity contribution in [3.05, 3.63) is 48.4 Å². The molecule has 1 aliphatic rings. The van der Waals surface area contributed by atoms with E-state index >= 15 is 0 Å². The fraction of sp³-hybridized carbons (Fsp3) is 0.391. The van der Waals surface area contributed by atoms with Gasteiger partial charge < -0.3 is 19.2 Å². The maximum Gasteiger partial charge on any atom is 0.241 e. The molecule has 1 fully saturated rings. The minimum Gasteiger partial charge on any atom is -0.493 e. The smallest absolute Gasteiger partial charge is 0.241 e. The highest BCUT2D eigenvalue weighted by atomic mass is 16.5. The van der Waals surface area contributed by atoms with Crippen LogP contribution in [0, 0.1) is 0 Å². The normalized spacial score (nSPS) is 18.2. The van der Waals surface area contributed by atoms with E-state index in [1.165, 1.54) is 0 Å². The number of piperidine rings is 1. The monoisotopic (exact) mass is 409 g/mol. The summed E-state index contributed by atoms with van der Waals surface area (Å²) in [5, 5.41) is 2.99. The number of fused-ring (bicyclic) bond motifs is 1. The number of hydrogen-bond acceptors (Lipinski definition) is 6. The average Bonchev–Trinajstić information content (AvgIpc) is 3.23. The Labute approximate surface area is 176 Å². The van der Waals surface area contributed by atoms with Crippen molar-refractivity contribution in [3.63, 3.8) is 0 Å². The van der Waals surface area contributed by atoms with Crippen molar-refractivity contribution >= 4 is 22.7 Å². The van der Waals surface area contributed by atoms with Crippen LogP contribution in [0.5, 0.6) is 11.5 Å². The Morgan fingerprint density at radius 2 is 2.00 bits per heavy atom. The molecule has 1 aromatic heterocycles. The van der Waals surface area contributed by atoms with Gasteiger partial charge in [-0.1, -0.05) is 12.1 Å². The summed E-state index contributed by atoms with van der Waals surface area (Å²) in [6.45, 7) is 3.55. The van der Waals surface area contributed by atoms with Crippen molar-refractivity contribution in [1.29, 1.82) is 0 Å². The topological polar surface area (TPSA) is 76.8 Å². The van der Waals surface area contributed by atoms with Crippen molar-refractivity contribution in [2.45, 2.75) is 31.7 Å². The predicted molar refractivity (Wildman–Crippen MR) is 115 cm³/mol. The highest BCUT2D eigenvalue weighted by molar-refractivity contribution is 5.94. The van der Waals surface area contributed by atoms with E-state index in [0.29, 0.717) is 17.2 Å². The summed E-state index contributed by atoms with van der Waals surface area (Å²) in [6, 6.07) is 12.9. The van der Waals surface area contributed by atoms with Crippen LogP contribution in [-0.4, -0.2) is 49.1 Å². The molecule has 30 heavy (non-hydrogen) atoms. The summed E-state index contributed by atoms with van der Waals surface area (Å²) < 4.78 is 16.5. The highest BCUT2D eigenvalue weighted by Gasteiger charge is 2.30. The van der Waals surface area contributed by atoms with Gasteiger partial charge >= 0.3 is 0 Å². The molecule has 1 N–H and O–H groups in total. The van der Waals surface area contributed by atoms with Crippen LogP contribution < -0.4 is 14.8 Å². The summed E-state index contributed by atoms with van der Waals surface area (Å²) in [5.74, 6) is 2.09. The lowest BCUT2D eigenvalue weighted by Gasteiger charge is -2.34. The minimum atomic E-state index is -0.273. The lowest BCUT2D eigenvalue weighted by Crippen LogP contribution is -2.46. The molecular weight excluding hydrogens is 382 g/mol. The second kappa shape index (κ2) is 8.75. The third-order valence-corrected chi connectivity index (χ3v) is 5.69. The maximum absolute atomic E-state index is 12.9. The van der Waals surface area contributed by atoms with Gasteiger partial charge in [-0.3, -0.25) is 9.69 Å². The van der Waals surface area contributed by atoms with E-state index in [9.17, 15) is 4.79 Å². The van der Waals surface area contributed by atoms with Gasteiger partial charge in [-0.25, -0.2) is 4.98 Å². The van der Waals surface area contributed by atoms with Crippen LogP contribution in [0.1, 0.15) is 31.6 Å². The molecule has 0 saturated carbocycles. The van der Waals surface area contributed by atoms with Crippen LogP contribution in [-0.2, 0) is 4.79 Å². The number of oxazole rings is 1. The van der Waals surface area contributed by atoms with Gasteiger partial charge in [-0.05, 0) is 50.6 Å². The lowest BCUT2D eigenvalue weighted by atomic mass is 9.96. The number of amides is 1. The number of ether oxygens (including phenoxy) is 2. The van der Waals surface area contributed by atoms with Crippen molar-refractivity contribution in [3.8, 4) is 11.5 Å². The van der Waals surface area contributed by atoms with E-state index < -0.39 is 0 Å². The largest absolute Gasteiger partial charge is 0.493 e. The molecule has 0 bridgehead atoms. The first-order valence-corrected chi connectivity index (χ1v) is 10.2. The van der Waals surface area contributed by atoms with Crippen LogP contribution in [0.15, 0.2) is 46.9 Å². The summed E-state index contributed by atoms with van der Waals surface area (Å²) in [7, 11) is 3.16. The molecule has 2 aromatic carbocycles. The molecule has 1 amide bonds. The summed E-state index contributed by atoms with van der Waals surface area (Å²) >= 11 is 0. The third-order valence-electron chi connectivity index (χ3n) is 5.69. The molecule has 1 aliphatic heterocycles. The Balaban J connectivity index is 1.43. The molecule has 4 rings (SSSR count). The van der Waals surface area contributed by atoms with Gasteiger partial charge in [0.2, 0.25) is 5.91 Å². The predicted octanol–water partition coefficient (Wildman–Crippen LogP) is 4.05. The van der Waals surface area contributed by atoms with Crippen molar-refractivity contribution < 1.29 is 18.7 Å². The number of anilines is 1. The molecule has 2 atom stereocenters. The number of likely N-dealkylation sites (tertiary alicyclic amines) is 1. The molecule has 158 valence electrons. The highest BCUT2D eigenvalue weighted by Crippen LogP contribution is 2.31. The Kier molecular flexibility index (Phi) is 5.90. The standard InChI is InChI=1S/C23H27N3O4/c1-15(22(27)24-17-10-11-20(28-2)21(13-17)29-3)26-12-6-7-16(14-26)23-25-18-8-4-5-9-19(18)30-23/h4-5,8-11,13,15-16H,6-7,12,14H2,1-3H3,(H,24,27). The Hall–Kier alpha value is -3.06. The summed E-state index contributed by atoms with van der Waals surface area (Å²) in [4.78, 5) is 19.7. The van der Waals surface area contributed by atoms with E-state index in [-0.39, 0.29) is 17.9 Å². The molecule has 2 unspecified atom stereocenters. The van der Waals surface area contributed by atoms with E-state index in [1.54, 1.807) is 26.4 Å². The number of benzene rings is 2. The number of aromatic nitrogens is 1. The van der Waals surface area contributed by atoms with E-state index in [2.05, 4.69) is 15.2 Å². The molecule has 0 aliphatic carbocycles. The van der Waals surface area contributed by atoms with E-state index in [0.717, 1.165) is 42.9 Å². The van der Waals surface area contributed by atoms with Gasteiger partial charge in [0.15, 0.2) is 23.0 Å². The Bertz CT molecular complexity index is 999. The first-order chi connectivity index (χ1) is 14.6. The first-order valence-electron chi connectivity index (χ1n) is 10.2. The minimum absolute atomic E-state index is 0.0552. The number of carbonyl (C=O) groups excluding carboxylic acids is 1.